The number of aryl methyl sites for hydroxylation is 1. The molecule has 2 aromatic carbocycles. The van der Waals surface area contributed by atoms with E-state index in [1.807, 2.05) is 24.3 Å². The van der Waals surface area contributed by atoms with Crippen molar-refractivity contribution in [2.45, 2.75) is 39.7 Å². The lowest BCUT2D eigenvalue weighted by atomic mass is 10.1. The van der Waals surface area contributed by atoms with Crippen molar-refractivity contribution in [3.05, 3.63) is 48.0 Å². The Kier molecular flexibility index (Phi) is 6.48. The molecule has 31 heavy (non-hydrogen) atoms. The molecule has 164 valence electrons. The molecule has 2 aromatic rings. The van der Waals surface area contributed by atoms with Crippen molar-refractivity contribution in [1.82, 2.24) is 0 Å². The van der Waals surface area contributed by atoms with Gasteiger partial charge in [0, 0.05) is 11.4 Å². The second-order valence-corrected chi connectivity index (χ2v) is 8.18. The highest BCUT2D eigenvalue weighted by Gasteiger charge is 2.28. The molecule has 1 heterocycles. The highest BCUT2D eigenvalue weighted by Crippen LogP contribution is 2.34. The van der Waals surface area contributed by atoms with Gasteiger partial charge in [0.25, 0.3) is 5.91 Å². The van der Waals surface area contributed by atoms with Gasteiger partial charge in [0.1, 0.15) is 17.9 Å². The number of ether oxygens (including phenoxy) is 2. The second kappa shape index (κ2) is 9.07. The predicted octanol–water partition coefficient (Wildman–Crippen LogP) is 3.96. The van der Waals surface area contributed by atoms with E-state index in [0.29, 0.717) is 22.8 Å². The minimum absolute atomic E-state index is 0.162. The number of anilines is 3. The Balaban J connectivity index is 1.73. The average Bonchev–Trinajstić information content (AvgIpc) is 2.69. The molecule has 0 fully saturated rings. The van der Waals surface area contributed by atoms with Gasteiger partial charge in [0.05, 0.1) is 5.69 Å². The number of nitrogens with zero attached hydrogens (tertiary/aromatic N) is 1. The van der Waals surface area contributed by atoms with Crippen LogP contribution in [0.4, 0.5) is 21.9 Å². The van der Waals surface area contributed by atoms with Crippen molar-refractivity contribution in [3.8, 4) is 5.75 Å². The Morgan fingerprint density at radius 3 is 2.39 bits per heavy atom. The van der Waals surface area contributed by atoms with E-state index < -0.39 is 11.7 Å². The molecular formula is C23H27N3O5. The van der Waals surface area contributed by atoms with Gasteiger partial charge in [-0.1, -0.05) is 19.1 Å². The summed E-state index contributed by atoms with van der Waals surface area (Å²) < 4.78 is 10.7. The number of carbonyl (C=O) groups excluding carboxylic acids is 3. The molecule has 0 spiro atoms. The number of carbonyl (C=O) groups is 3. The summed E-state index contributed by atoms with van der Waals surface area (Å²) in [5, 5.41) is 5.43. The van der Waals surface area contributed by atoms with Crippen LogP contribution in [-0.4, -0.2) is 36.7 Å². The van der Waals surface area contributed by atoms with Crippen LogP contribution in [0.5, 0.6) is 5.75 Å². The lowest BCUT2D eigenvalue weighted by Crippen LogP contribution is -2.43. The molecular weight excluding hydrogens is 398 g/mol. The van der Waals surface area contributed by atoms with Crippen molar-refractivity contribution < 1.29 is 23.9 Å². The molecule has 0 aliphatic carbocycles. The molecule has 0 aromatic heterocycles. The van der Waals surface area contributed by atoms with Crippen molar-refractivity contribution in [3.63, 3.8) is 0 Å². The molecule has 1 aliphatic rings. The molecule has 1 aliphatic heterocycles. The lowest BCUT2D eigenvalue weighted by molar-refractivity contribution is -0.123. The minimum Gasteiger partial charge on any atom is -0.482 e. The molecule has 8 nitrogen and oxygen atoms in total. The molecule has 3 rings (SSSR count). The Labute approximate surface area is 181 Å². The monoisotopic (exact) mass is 425 g/mol. The molecule has 0 saturated carbocycles. The van der Waals surface area contributed by atoms with Crippen LogP contribution >= 0.6 is 0 Å². The maximum Gasteiger partial charge on any atom is 0.412 e. The fraction of sp³-hybridized carbons (Fsp3) is 0.348. The predicted molar refractivity (Wildman–Crippen MR) is 119 cm³/mol. The molecule has 3 amide bonds. The van der Waals surface area contributed by atoms with Crippen molar-refractivity contribution in [2.24, 2.45) is 0 Å². The molecule has 0 saturated heterocycles. The van der Waals surface area contributed by atoms with Crippen LogP contribution in [0.25, 0.3) is 0 Å². The third-order valence-corrected chi connectivity index (χ3v) is 4.49. The van der Waals surface area contributed by atoms with Gasteiger partial charge in [-0.25, -0.2) is 4.79 Å². The van der Waals surface area contributed by atoms with Crippen molar-refractivity contribution in [2.75, 3.05) is 28.7 Å². The quantitative estimate of drug-likeness (QED) is 0.756. The van der Waals surface area contributed by atoms with Crippen LogP contribution in [0.2, 0.25) is 0 Å². The van der Waals surface area contributed by atoms with E-state index in [1.165, 1.54) is 10.5 Å². The average molecular weight is 425 g/mol. The van der Waals surface area contributed by atoms with Crippen molar-refractivity contribution >= 4 is 35.0 Å². The molecule has 0 bridgehead atoms. The normalized spacial score (nSPS) is 13.2. The Bertz CT molecular complexity index is 980. The van der Waals surface area contributed by atoms with Gasteiger partial charge >= 0.3 is 6.09 Å². The Morgan fingerprint density at radius 2 is 1.74 bits per heavy atom. The first kappa shape index (κ1) is 22.1. The van der Waals surface area contributed by atoms with Gasteiger partial charge in [-0.05, 0) is 63.1 Å². The molecule has 8 heteroatoms. The minimum atomic E-state index is -0.642. The summed E-state index contributed by atoms with van der Waals surface area (Å²) in [4.78, 5) is 38.4. The number of rotatable bonds is 5. The van der Waals surface area contributed by atoms with Gasteiger partial charge < -0.3 is 14.8 Å². The first-order valence-corrected chi connectivity index (χ1v) is 10.1. The number of amides is 3. The number of hydrogen-bond acceptors (Lipinski definition) is 5. The molecule has 0 radical (unpaired) electrons. The van der Waals surface area contributed by atoms with E-state index in [1.54, 1.807) is 39.0 Å². The van der Waals surface area contributed by atoms with E-state index in [0.717, 1.165) is 6.42 Å². The Morgan fingerprint density at radius 1 is 1.06 bits per heavy atom. The van der Waals surface area contributed by atoms with Crippen LogP contribution < -0.4 is 20.3 Å². The zero-order valence-electron chi connectivity index (χ0n) is 18.2. The van der Waals surface area contributed by atoms with Crippen LogP contribution in [0.1, 0.15) is 33.3 Å². The SMILES string of the molecule is CCc1ccc(NC(=O)CN2C(=O)COc3ccc(NC(=O)OC(C)(C)C)cc32)cc1. The maximum absolute atomic E-state index is 12.6. The van der Waals surface area contributed by atoms with Gasteiger partial charge in [0.2, 0.25) is 5.91 Å². The van der Waals surface area contributed by atoms with E-state index in [-0.39, 0.29) is 25.0 Å². The van der Waals surface area contributed by atoms with Crippen LogP contribution in [0.3, 0.4) is 0 Å². The smallest absolute Gasteiger partial charge is 0.412 e. The summed E-state index contributed by atoms with van der Waals surface area (Å²) in [6.45, 7) is 7.01. The standard InChI is InChI=1S/C23H27N3O5/c1-5-15-6-8-16(9-7-15)24-20(27)13-26-18-12-17(25-22(29)31-23(2,3)4)10-11-19(18)30-14-21(26)28/h6-12H,5,13-14H2,1-4H3,(H,24,27)(H,25,29). The third kappa shape index (κ3) is 5.97. The summed E-state index contributed by atoms with van der Waals surface area (Å²) in [5.74, 6) is -0.233. The molecule has 2 N–H and O–H groups in total. The van der Waals surface area contributed by atoms with Crippen molar-refractivity contribution in [1.29, 1.82) is 0 Å². The maximum atomic E-state index is 12.6. The molecule has 0 unspecified atom stereocenters. The zero-order valence-corrected chi connectivity index (χ0v) is 18.2. The summed E-state index contributed by atoms with van der Waals surface area (Å²) in [6.07, 6.45) is 0.294. The number of nitrogens with one attached hydrogen (secondary N) is 2. The number of hydrogen-bond donors (Lipinski definition) is 2. The topological polar surface area (TPSA) is 97.0 Å². The summed E-state index contributed by atoms with van der Waals surface area (Å²) in [6, 6.07) is 12.4. The largest absolute Gasteiger partial charge is 0.482 e. The first-order valence-electron chi connectivity index (χ1n) is 10.1. The first-order chi connectivity index (χ1) is 14.6. The van der Waals surface area contributed by atoms with Crippen LogP contribution in [0.15, 0.2) is 42.5 Å². The summed E-state index contributed by atoms with van der Waals surface area (Å²) >= 11 is 0. The number of benzene rings is 2. The lowest BCUT2D eigenvalue weighted by Gasteiger charge is -2.29. The van der Waals surface area contributed by atoms with E-state index in [9.17, 15) is 14.4 Å². The van der Waals surface area contributed by atoms with Gasteiger partial charge in [-0.15, -0.1) is 0 Å². The van der Waals surface area contributed by atoms with Crippen LogP contribution in [0, 0.1) is 0 Å². The highest BCUT2D eigenvalue weighted by atomic mass is 16.6. The van der Waals surface area contributed by atoms with Crippen LogP contribution in [-0.2, 0) is 20.7 Å². The zero-order chi connectivity index (χ0) is 22.6. The van der Waals surface area contributed by atoms with Gasteiger partial charge in [-0.3, -0.25) is 19.8 Å². The van der Waals surface area contributed by atoms with E-state index in [2.05, 4.69) is 17.6 Å². The molecule has 0 atom stereocenters. The summed E-state index contributed by atoms with van der Waals surface area (Å²) in [7, 11) is 0. The fourth-order valence-corrected chi connectivity index (χ4v) is 3.04. The van der Waals surface area contributed by atoms with Gasteiger partial charge in [-0.2, -0.15) is 0 Å². The third-order valence-electron chi connectivity index (χ3n) is 4.49. The van der Waals surface area contributed by atoms with E-state index in [4.69, 9.17) is 9.47 Å². The van der Waals surface area contributed by atoms with Gasteiger partial charge in [0.15, 0.2) is 6.61 Å². The number of fused-ring (bicyclic) bond motifs is 1. The fourth-order valence-electron chi connectivity index (χ4n) is 3.04. The van der Waals surface area contributed by atoms with E-state index >= 15 is 0 Å². The summed E-state index contributed by atoms with van der Waals surface area (Å²) in [5.41, 5.74) is 2.01. The Hall–Kier alpha value is -3.55. The highest BCUT2D eigenvalue weighted by molar-refractivity contribution is 6.05. The second-order valence-electron chi connectivity index (χ2n) is 8.18.